The number of nitrogens with one attached hydrogen (secondary N) is 2. The van der Waals surface area contributed by atoms with Crippen LogP contribution in [-0.2, 0) is 12.8 Å². The van der Waals surface area contributed by atoms with Crippen LogP contribution in [0.3, 0.4) is 0 Å². The molecular weight excluding hydrogens is 649 g/mol. The maximum Gasteiger partial charge on any atom is 0.212 e. The molecule has 13 heteroatoms. The second kappa shape index (κ2) is 14.9. The fourth-order valence-electron chi connectivity index (χ4n) is 4.56. The molecule has 46 heavy (non-hydrogen) atoms. The molecule has 5 aromatic heterocycles. The number of fused-ring (bicyclic) bond motifs is 2. The zero-order valence-corrected chi connectivity index (χ0v) is 26.0. The van der Waals surface area contributed by atoms with E-state index in [-0.39, 0.29) is 0 Å². The van der Waals surface area contributed by atoms with Crippen LogP contribution >= 0.6 is 15.9 Å². The summed E-state index contributed by atoms with van der Waals surface area (Å²) in [5.74, 6) is 0.927. The van der Waals surface area contributed by atoms with Gasteiger partial charge < -0.3 is 10.6 Å². The summed E-state index contributed by atoms with van der Waals surface area (Å²) in [7, 11) is 0. The van der Waals surface area contributed by atoms with Crippen molar-refractivity contribution in [3.8, 4) is 11.1 Å². The Morgan fingerprint density at radius 2 is 1.02 bits per heavy atom. The number of anilines is 2. The molecule has 7 aromatic rings. The summed E-state index contributed by atoms with van der Waals surface area (Å²) in [6, 6.07) is 19.5. The Balaban J connectivity index is 0.000000167. The molecule has 2 aromatic carbocycles. The highest BCUT2D eigenvalue weighted by atomic mass is 79.9. The lowest BCUT2D eigenvalue weighted by Crippen LogP contribution is -2.08. The number of pyridine rings is 1. The molecule has 0 aliphatic heterocycles. The number of nitrogens with zero attached hydrogens (tertiary/aromatic N) is 9. The predicted octanol–water partition coefficient (Wildman–Crippen LogP) is 6.11. The molecule has 0 aliphatic carbocycles. The van der Waals surface area contributed by atoms with Crippen molar-refractivity contribution in [2.75, 3.05) is 23.7 Å². The van der Waals surface area contributed by atoms with Gasteiger partial charge in [-0.3, -0.25) is 0 Å². The minimum atomic E-state index is -0.474. The van der Waals surface area contributed by atoms with E-state index in [2.05, 4.69) is 95.7 Å². The predicted molar refractivity (Wildman–Crippen MR) is 178 cm³/mol. The molecule has 0 radical (unpaired) electrons. The van der Waals surface area contributed by atoms with Gasteiger partial charge in [0.15, 0.2) is 22.9 Å². The first-order valence-corrected chi connectivity index (χ1v) is 15.2. The van der Waals surface area contributed by atoms with Gasteiger partial charge in [-0.1, -0.05) is 52.3 Å². The Morgan fingerprint density at radius 1 is 0.522 bits per heavy atom. The van der Waals surface area contributed by atoms with Gasteiger partial charge in [-0.25, -0.2) is 44.9 Å². The Hall–Kier alpha value is -5.56. The highest BCUT2D eigenvalue weighted by Gasteiger charge is 2.06. The normalized spacial score (nSPS) is 10.7. The lowest BCUT2D eigenvalue weighted by molar-refractivity contribution is 0.584. The van der Waals surface area contributed by atoms with E-state index in [1.54, 1.807) is 30.9 Å². The first kappa shape index (κ1) is 30.5. The molecule has 0 amide bonds. The molecule has 0 saturated heterocycles. The van der Waals surface area contributed by atoms with Crippen LogP contribution in [0.5, 0.6) is 0 Å². The molecule has 11 nitrogen and oxygen atoms in total. The van der Waals surface area contributed by atoms with Crippen LogP contribution in [-0.4, -0.2) is 57.9 Å². The minimum Gasteiger partial charge on any atom is -0.368 e. The summed E-state index contributed by atoms with van der Waals surface area (Å²) >= 11 is 3.43. The topological polar surface area (TPSA) is 140 Å². The SMILES string of the molecule is Brc1ccc(CCNc2ncnc3nccnc23)cc1.Fc1ccc(-c2ccc(CCNc3ncnc4nccnc34)cc2)cn1. The van der Waals surface area contributed by atoms with Gasteiger partial charge in [0.1, 0.15) is 23.7 Å². The average Bonchev–Trinajstić information content (AvgIpc) is 3.10. The Morgan fingerprint density at radius 3 is 1.54 bits per heavy atom. The summed E-state index contributed by atoms with van der Waals surface area (Å²) in [6.07, 6.45) is 12.8. The van der Waals surface area contributed by atoms with Crippen LogP contribution in [0.1, 0.15) is 11.1 Å². The van der Waals surface area contributed by atoms with E-state index < -0.39 is 5.95 Å². The summed E-state index contributed by atoms with van der Waals surface area (Å²) in [5, 5.41) is 6.57. The summed E-state index contributed by atoms with van der Waals surface area (Å²) in [5.41, 5.74) is 6.88. The summed E-state index contributed by atoms with van der Waals surface area (Å²) < 4.78 is 14.0. The zero-order chi connectivity index (χ0) is 31.6. The van der Waals surface area contributed by atoms with Crippen LogP contribution in [0.4, 0.5) is 16.0 Å². The third-order valence-electron chi connectivity index (χ3n) is 6.88. The van der Waals surface area contributed by atoms with Crippen molar-refractivity contribution < 1.29 is 4.39 Å². The molecule has 0 unspecified atom stereocenters. The smallest absolute Gasteiger partial charge is 0.212 e. The third-order valence-corrected chi connectivity index (χ3v) is 7.41. The maximum atomic E-state index is 12.9. The Bertz CT molecular complexity index is 2020. The van der Waals surface area contributed by atoms with Crippen molar-refractivity contribution in [3.63, 3.8) is 0 Å². The van der Waals surface area contributed by atoms with Crippen LogP contribution in [0.2, 0.25) is 0 Å². The monoisotopic (exact) mass is 675 g/mol. The average molecular weight is 677 g/mol. The lowest BCUT2D eigenvalue weighted by Gasteiger charge is -2.08. The largest absolute Gasteiger partial charge is 0.368 e. The molecule has 0 spiro atoms. The molecule has 0 bridgehead atoms. The number of halogens is 2. The second-order valence-electron chi connectivity index (χ2n) is 9.95. The van der Waals surface area contributed by atoms with Crippen molar-refractivity contribution in [2.24, 2.45) is 0 Å². The highest BCUT2D eigenvalue weighted by molar-refractivity contribution is 9.10. The molecule has 0 atom stereocenters. The van der Waals surface area contributed by atoms with E-state index >= 15 is 0 Å². The summed E-state index contributed by atoms with van der Waals surface area (Å²) in [4.78, 5) is 37.2. The number of benzene rings is 2. The molecule has 7 rings (SSSR count). The van der Waals surface area contributed by atoms with Gasteiger partial charge >= 0.3 is 0 Å². The van der Waals surface area contributed by atoms with Gasteiger partial charge in [-0.15, -0.1) is 0 Å². The van der Waals surface area contributed by atoms with Gasteiger partial charge in [0.2, 0.25) is 5.95 Å². The number of aromatic nitrogens is 9. The van der Waals surface area contributed by atoms with Crippen LogP contribution < -0.4 is 10.6 Å². The van der Waals surface area contributed by atoms with Crippen LogP contribution in [0.25, 0.3) is 33.5 Å². The molecular formula is C33H27BrFN11. The van der Waals surface area contributed by atoms with E-state index in [4.69, 9.17) is 0 Å². The maximum absolute atomic E-state index is 12.9. The highest BCUT2D eigenvalue weighted by Crippen LogP contribution is 2.20. The van der Waals surface area contributed by atoms with E-state index in [1.165, 1.54) is 36.0 Å². The molecule has 5 heterocycles. The van der Waals surface area contributed by atoms with Crippen molar-refractivity contribution >= 4 is 49.9 Å². The molecule has 2 N–H and O–H groups in total. The molecule has 0 aliphatic rings. The van der Waals surface area contributed by atoms with Gasteiger partial charge in [0, 0.05) is 54.1 Å². The van der Waals surface area contributed by atoms with E-state index in [0.717, 1.165) is 40.8 Å². The zero-order valence-electron chi connectivity index (χ0n) is 24.4. The third kappa shape index (κ3) is 7.93. The Kier molecular flexibility index (Phi) is 9.90. The quantitative estimate of drug-likeness (QED) is 0.171. The van der Waals surface area contributed by atoms with Gasteiger partial charge in [0.05, 0.1) is 0 Å². The number of hydrogen-bond donors (Lipinski definition) is 2. The first-order valence-electron chi connectivity index (χ1n) is 14.4. The van der Waals surface area contributed by atoms with Crippen molar-refractivity contribution in [1.82, 2.24) is 44.9 Å². The van der Waals surface area contributed by atoms with Gasteiger partial charge in [-0.2, -0.15) is 4.39 Å². The van der Waals surface area contributed by atoms with Gasteiger partial charge in [-0.05, 0) is 53.8 Å². The fourth-order valence-corrected chi connectivity index (χ4v) is 4.82. The van der Waals surface area contributed by atoms with Crippen LogP contribution in [0, 0.1) is 5.95 Å². The van der Waals surface area contributed by atoms with Gasteiger partial charge in [0.25, 0.3) is 0 Å². The van der Waals surface area contributed by atoms with Crippen molar-refractivity contribution in [2.45, 2.75) is 12.8 Å². The molecule has 228 valence electrons. The molecule has 0 fully saturated rings. The minimum absolute atomic E-state index is 0.474. The second-order valence-corrected chi connectivity index (χ2v) is 10.9. The van der Waals surface area contributed by atoms with E-state index in [9.17, 15) is 4.39 Å². The standard InChI is InChI=1S/C19H15FN6.C14H12BrN5/c20-16-6-5-15(11-24-16)14-3-1-13(2-4-14)7-8-22-18-17-19(26-12-25-18)23-10-9-21-17;15-11-3-1-10(2-4-11)5-6-17-13-12-14(20-9-19-13)18-8-7-16-12/h1-6,9-12H,7-8H2,(H,22,23,25,26);1-4,7-9H,5-6H2,(H,17,18,19,20). The lowest BCUT2D eigenvalue weighted by atomic mass is 10.0. The molecule has 0 saturated carbocycles. The summed E-state index contributed by atoms with van der Waals surface area (Å²) in [6.45, 7) is 1.49. The van der Waals surface area contributed by atoms with E-state index in [1.807, 2.05) is 24.3 Å². The Labute approximate surface area is 272 Å². The van der Waals surface area contributed by atoms with Crippen LogP contribution in [0.15, 0.2) is 109 Å². The van der Waals surface area contributed by atoms with E-state index in [0.29, 0.717) is 34.7 Å². The number of hydrogen-bond acceptors (Lipinski definition) is 11. The first-order chi connectivity index (χ1) is 22.6. The number of rotatable bonds is 9. The van der Waals surface area contributed by atoms with Crippen molar-refractivity contribution in [3.05, 3.63) is 126 Å². The fraction of sp³-hybridized carbons (Fsp3) is 0.121. The van der Waals surface area contributed by atoms with Crippen molar-refractivity contribution in [1.29, 1.82) is 0 Å².